The van der Waals surface area contributed by atoms with Gasteiger partial charge in [-0.05, 0) is 19.5 Å². The Balaban J connectivity index is 0. The molecule has 1 unspecified atom stereocenters. The minimum Gasteiger partial charge on any atom is -0.384 e. The molecular formula is C6H16ClNO. The maximum atomic E-state index is 4.92. The van der Waals surface area contributed by atoms with Gasteiger partial charge in [0.15, 0.2) is 0 Å². The molecule has 0 bridgehead atoms. The summed E-state index contributed by atoms with van der Waals surface area (Å²) in [4.78, 5) is 0. The Morgan fingerprint density at radius 3 is 2.44 bits per heavy atom. The Kier molecular flexibility index (Phi) is 10.9. The van der Waals surface area contributed by atoms with E-state index in [-0.39, 0.29) is 12.4 Å². The van der Waals surface area contributed by atoms with E-state index in [0.29, 0.717) is 5.92 Å². The van der Waals surface area contributed by atoms with E-state index >= 15 is 0 Å². The zero-order chi connectivity index (χ0) is 6.41. The standard InChI is InChI=1S/C6H15NO.ClH/c1-6(4-7-2)5-8-3;/h6-7H,4-5H2,1-3H3;1H. The van der Waals surface area contributed by atoms with Gasteiger partial charge in [-0.25, -0.2) is 0 Å². The lowest BCUT2D eigenvalue weighted by Crippen LogP contribution is -2.19. The second-order valence-electron chi connectivity index (χ2n) is 2.12. The van der Waals surface area contributed by atoms with Crippen molar-refractivity contribution in [2.75, 3.05) is 27.3 Å². The molecule has 0 amide bonds. The van der Waals surface area contributed by atoms with E-state index in [9.17, 15) is 0 Å². The summed E-state index contributed by atoms with van der Waals surface area (Å²) in [6, 6.07) is 0. The summed E-state index contributed by atoms with van der Waals surface area (Å²) in [5, 5.41) is 3.07. The Bertz CT molecular complexity index is 46.3. The second kappa shape index (κ2) is 8.21. The van der Waals surface area contributed by atoms with E-state index in [2.05, 4.69) is 12.2 Å². The van der Waals surface area contributed by atoms with Gasteiger partial charge >= 0.3 is 0 Å². The van der Waals surface area contributed by atoms with Gasteiger partial charge in [-0.3, -0.25) is 0 Å². The number of hydrogen-bond donors (Lipinski definition) is 1. The van der Waals surface area contributed by atoms with Crippen molar-refractivity contribution in [1.29, 1.82) is 0 Å². The largest absolute Gasteiger partial charge is 0.384 e. The number of nitrogens with one attached hydrogen (secondary N) is 1. The molecule has 0 radical (unpaired) electrons. The van der Waals surface area contributed by atoms with E-state index in [4.69, 9.17) is 4.74 Å². The first-order chi connectivity index (χ1) is 3.81. The quantitative estimate of drug-likeness (QED) is 0.649. The van der Waals surface area contributed by atoms with Gasteiger partial charge in [-0.15, -0.1) is 12.4 Å². The van der Waals surface area contributed by atoms with Crippen molar-refractivity contribution in [2.45, 2.75) is 6.92 Å². The van der Waals surface area contributed by atoms with Gasteiger partial charge in [0, 0.05) is 13.7 Å². The monoisotopic (exact) mass is 153 g/mol. The Hall–Kier alpha value is 0.210. The molecule has 0 heterocycles. The fourth-order valence-corrected chi connectivity index (χ4v) is 0.692. The van der Waals surface area contributed by atoms with E-state index in [0.717, 1.165) is 13.2 Å². The van der Waals surface area contributed by atoms with Crippen LogP contribution in [0.3, 0.4) is 0 Å². The van der Waals surface area contributed by atoms with E-state index in [1.54, 1.807) is 7.11 Å². The molecule has 0 aliphatic heterocycles. The molecule has 1 atom stereocenters. The van der Waals surface area contributed by atoms with Gasteiger partial charge < -0.3 is 10.1 Å². The summed E-state index contributed by atoms with van der Waals surface area (Å²) in [7, 11) is 3.68. The zero-order valence-electron chi connectivity index (χ0n) is 6.31. The number of halogens is 1. The fourth-order valence-electron chi connectivity index (χ4n) is 0.692. The number of methoxy groups -OCH3 is 1. The van der Waals surface area contributed by atoms with Crippen LogP contribution >= 0.6 is 12.4 Å². The zero-order valence-corrected chi connectivity index (χ0v) is 7.12. The molecule has 0 fully saturated rings. The van der Waals surface area contributed by atoms with Gasteiger partial charge in [0.25, 0.3) is 0 Å². The molecule has 1 N–H and O–H groups in total. The fraction of sp³-hybridized carbons (Fsp3) is 1.00. The third-order valence-corrected chi connectivity index (χ3v) is 1.00. The van der Waals surface area contributed by atoms with Crippen molar-refractivity contribution >= 4 is 12.4 Å². The van der Waals surface area contributed by atoms with Crippen LogP contribution in [0, 0.1) is 5.92 Å². The summed E-state index contributed by atoms with van der Waals surface area (Å²) in [6.45, 7) is 4.04. The second-order valence-corrected chi connectivity index (χ2v) is 2.12. The van der Waals surface area contributed by atoms with Gasteiger partial charge in [-0.2, -0.15) is 0 Å². The summed E-state index contributed by atoms with van der Waals surface area (Å²) < 4.78 is 4.92. The molecule has 3 heteroatoms. The molecule has 0 aliphatic rings. The summed E-state index contributed by atoms with van der Waals surface area (Å²) in [5.41, 5.74) is 0. The highest BCUT2D eigenvalue weighted by atomic mass is 35.5. The predicted octanol–water partition coefficient (Wildman–Crippen LogP) is 0.910. The van der Waals surface area contributed by atoms with Gasteiger partial charge in [-0.1, -0.05) is 6.92 Å². The highest BCUT2D eigenvalue weighted by molar-refractivity contribution is 5.85. The van der Waals surface area contributed by atoms with Crippen molar-refractivity contribution in [3.05, 3.63) is 0 Å². The molecule has 0 aliphatic carbocycles. The van der Waals surface area contributed by atoms with Crippen LogP contribution in [0.5, 0.6) is 0 Å². The molecule has 0 aromatic rings. The number of rotatable bonds is 4. The molecule has 0 aromatic carbocycles. The first-order valence-electron chi connectivity index (χ1n) is 2.94. The summed E-state index contributed by atoms with van der Waals surface area (Å²) in [5.74, 6) is 0.630. The number of hydrogen-bond acceptors (Lipinski definition) is 2. The van der Waals surface area contributed by atoms with Crippen molar-refractivity contribution in [2.24, 2.45) is 5.92 Å². The molecule has 9 heavy (non-hydrogen) atoms. The first-order valence-corrected chi connectivity index (χ1v) is 2.94. The summed E-state index contributed by atoms with van der Waals surface area (Å²) >= 11 is 0. The van der Waals surface area contributed by atoms with E-state index < -0.39 is 0 Å². The normalized spacial score (nSPS) is 12.3. The highest BCUT2D eigenvalue weighted by Gasteiger charge is 1.96. The third-order valence-electron chi connectivity index (χ3n) is 1.00. The minimum absolute atomic E-state index is 0. The Labute approximate surface area is 63.4 Å². The lowest BCUT2D eigenvalue weighted by Gasteiger charge is -2.07. The van der Waals surface area contributed by atoms with Crippen LogP contribution < -0.4 is 5.32 Å². The SMILES string of the molecule is CNCC(C)COC.Cl. The Morgan fingerprint density at radius 1 is 1.56 bits per heavy atom. The maximum absolute atomic E-state index is 4.92. The molecule has 0 spiro atoms. The molecule has 2 nitrogen and oxygen atoms in total. The minimum atomic E-state index is 0. The number of ether oxygens (including phenoxy) is 1. The lowest BCUT2D eigenvalue weighted by atomic mass is 10.2. The molecule has 0 aromatic heterocycles. The average Bonchev–Trinajstić information content (AvgIpc) is 1.68. The van der Waals surface area contributed by atoms with Crippen LogP contribution in [-0.2, 0) is 4.74 Å². The van der Waals surface area contributed by atoms with Crippen molar-refractivity contribution in [3.63, 3.8) is 0 Å². The van der Waals surface area contributed by atoms with Crippen LogP contribution in [0.4, 0.5) is 0 Å². The molecule has 0 saturated carbocycles. The van der Waals surface area contributed by atoms with Crippen molar-refractivity contribution in [1.82, 2.24) is 5.32 Å². The van der Waals surface area contributed by atoms with E-state index in [1.807, 2.05) is 7.05 Å². The van der Waals surface area contributed by atoms with Crippen LogP contribution in [0.1, 0.15) is 6.92 Å². The maximum Gasteiger partial charge on any atom is 0.0499 e. The molecular weight excluding hydrogens is 138 g/mol. The smallest absolute Gasteiger partial charge is 0.0499 e. The van der Waals surface area contributed by atoms with Crippen LogP contribution in [0.25, 0.3) is 0 Å². The predicted molar refractivity (Wildman–Crippen MR) is 42.2 cm³/mol. The Morgan fingerprint density at radius 2 is 2.11 bits per heavy atom. The van der Waals surface area contributed by atoms with Crippen molar-refractivity contribution < 1.29 is 4.74 Å². The topological polar surface area (TPSA) is 21.3 Å². The molecule has 58 valence electrons. The first kappa shape index (κ1) is 11.9. The highest BCUT2D eigenvalue weighted by Crippen LogP contribution is 1.89. The van der Waals surface area contributed by atoms with E-state index in [1.165, 1.54) is 0 Å². The summed E-state index contributed by atoms with van der Waals surface area (Å²) in [6.07, 6.45) is 0. The third kappa shape index (κ3) is 8.21. The van der Waals surface area contributed by atoms with Crippen molar-refractivity contribution in [3.8, 4) is 0 Å². The molecule has 0 saturated heterocycles. The van der Waals surface area contributed by atoms with Crippen LogP contribution in [0.15, 0.2) is 0 Å². The van der Waals surface area contributed by atoms with Gasteiger partial charge in [0.1, 0.15) is 0 Å². The van der Waals surface area contributed by atoms with Crippen LogP contribution in [-0.4, -0.2) is 27.3 Å². The van der Waals surface area contributed by atoms with Gasteiger partial charge in [0.05, 0.1) is 0 Å². The lowest BCUT2D eigenvalue weighted by molar-refractivity contribution is 0.159. The average molecular weight is 154 g/mol. The molecule has 0 rings (SSSR count). The van der Waals surface area contributed by atoms with Crippen LogP contribution in [0.2, 0.25) is 0 Å². The van der Waals surface area contributed by atoms with Gasteiger partial charge in [0.2, 0.25) is 0 Å².